The Bertz CT molecular complexity index is 663. The lowest BCUT2D eigenvalue weighted by molar-refractivity contribution is 0.0925. The quantitative estimate of drug-likeness (QED) is 0.814. The van der Waals surface area contributed by atoms with Crippen LogP contribution in [-0.4, -0.2) is 43.8 Å². The van der Waals surface area contributed by atoms with Gasteiger partial charge in [0, 0.05) is 30.7 Å². The number of amides is 1. The molecule has 1 saturated carbocycles. The van der Waals surface area contributed by atoms with Crippen molar-refractivity contribution in [2.24, 2.45) is 5.73 Å². The predicted molar refractivity (Wildman–Crippen MR) is 94.2 cm³/mol. The molecule has 0 aromatic heterocycles. The van der Waals surface area contributed by atoms with Crippen molar-refractivity contribution < 1.29 is 13.2 Å². The SMILES string of the molecule is CCN(CC)S(=O)(=O)c1cccc(C(=O)NC2CCC(N)CC2)c1. The number of nitrogens with zero attached hydrogens (tertiary/aromatic N) is 1. The number of benzene rings is 1. The van der Waals surface area contributed by atoms with Crippen molar-refractivity contribution in [3.63, 3.8) is 0 Å². The van der Waals surface area contributed by atoms with Crippen LogP contribution in [0, 0.1) is 0 Å². The van der Waals surface area contributed by atoms with Gasteiger partial charge in [-0.05, 0) is 43.9 Å². The van der Waals surface area contributed by atoms with Gasteiger partial charge >= 0.3 is 0 Å². The molecular weight excluding hydrogens is 326 g/mol. The summed E-state index contributed by atoms with van der Waals surface area (Å²) in [6.07, 6.45) is 3.54. The summed E-state index contributed by atoms with van der Waals surface area (Å²) in [4.78, 5) is 12.6. The third kappa shape index (κ3) is 4.34. The van der Waals surface area contributed by atoms with Crippen LogP contribution >= 0.6 is 0 Å². The maximum Gasteiger partial charge on any atom is 0.251 e. The summed E-state index contributed by atoms with van der Waals surface area (Å²) in [7, 11) is -3.56. The standard InChI is InChI=1S/C17H27N3O3S/c1-3-20(4-2)24(22,23)16-7-5-6-13(12-16)17(21)19-15-10-8-14(18)9-11-15/h5-7,12,14-15H,3-4,8-11,18H2,1-2H3,(H,19,21). The highest BCUT2D eigenvalue weighted by Crippen LogP contribution is 2.19. The van der Waals surface area contributed by atoms with Crippen molar-refractivity contribution in [3.05, 3.63) is 29.8 Å². The minimum Gasteiger partial charge on any atom is -0.349 e. The number of hydrogen-bond acceptors (Lipinski definition) is 4. The van der Waals surface area contributed by atoms with Crippen LogP contribution in [0.15, 0.2) is 29.2 Å². The van der Waals surface area contributed by atoms with E-state index in [2.05, 4.69) is 5.32 Å². The van der Waals surface area contributed by atoms with Gasteiger partial charge in [0.25, 0.3) is 5.91 Å². The van der Waals surface area contributed by atoms with Gasteiger partial charge in [-0.3, -0.25) is 4.79 Å². The lowest BCUT2D eigenvalue weighted by atomic mass is 9.91. The van der Waals surface area contributed by atoms with Crippen molar-refractivity contribution in [1.82, 2.24) is 9.62 Å². The summed E-state index contributed by atoms with van der Waals surface area (Å²) in [6, 6.07) is 6.58. The molecule has 1 aliphatic rings. The van der Waals surface area contributed by atoms with Crippen LogP contribution in [0.3, 0.4) is 0 Å². The topological polar surface area (TPSA) is 92.5 Å². The molecule has 134 valence electrons. The fourth-order valence-corrected chi connectivity index (χ4v) is 4.55. The second-order valence-electron chi connectivity index (χ2n) is 6.20. The summed E-state index contributed by atoms with van der Waals surface area (Å²) >= 11 is 0. The maximum atomic E-state index is 12.6. The zero-order chi connectivity index (χ0) is 17.7. The molecular formula is C17H27N3O3S. The average Bonchev–Trinajstić information content (AvgIpc) is 2.58. The van der Waals surface area contributed by atoms with E-state index < -0.39 is 10.0 Å². The lowest BCUT2D eigenvalue weighted by Crippen LogP contribution is -2.40. The van der Waals surface area contributed by atoms with E-state index in [0.29, 0.717) is 18.7 Å². The minimum absolute atomic E-state index is 0.111. The maximum absolute atomic E-state index is 12.6. The molecule has 1 amide bonds. The normalized spacial score (nSPS) is 21.7. The Kier molecular flexibility index (Phi) is 6.37. The molecule has 0 atom stereocenters. The average molecular weight is 353 g/mol. The van der Waals surface area contributed by atoms with Crippen molar-refractivity contribution in [2.75, 3.05) is 13.1 Å². The molecule has 1 aromatic carbocycles. The van der Waals surface area contributed by atoms with Gasteiger partial charge in [0.05, 0.1) is 4.90 Å². The van der Waals surface area contributed by atoms with Crippen molar-refractivity contribution in [3.8, 4) is 0 Å². The smallest absolute Gasteiger partial charge is 0.251 e. The van der Waals surface area contributed by atoms with Crippen molar-refractivity contribution in [2.45, 2.75) is 56.5 Å². The molecule has 1 fully saturated rings. The molecule has 7 heteroatoms. The third-order valence-corrected chi connectivity index (χ3v) is 6.59. The molecule has 1 aromatic rings. The van der Waals surface area contributed by atoms with Crippen molar-refractivity contribution >= 4 is 15.9 Å². The van der Waals surface area contributed by atoms with Crippen LogP contribution < -0.4 is 11.1 Å². The van der Waals surface area contributed by atoms with E-state index in [1.165, 1.54) is 16.4 Å². The van der Waals surface area contributed by atoms with Gasteiger partial charge in [-0.25, -0.2) is 8.42 Å². The fourth-order valence-electron chi connectivity index (χ4n) is 3.04. The second kappa shape index (κ2) is 8.09. The Labute approximate surface area is 144 Å². The van der Waals surface area contributed by atoms with Crippen LogP contribution in [-0.2, 0) is 10.0 Å². The van der Waals surface area contributed by atoms with Gasteiger partial charge < -0.3 is 11.1 Å². The minimum atomic E-state index is -3.56. The number of rotatable bonds is 6. The molecule has 2 rings (SSSR count). The van der Waals surface area contributed by atoms with E-state index in [9.17, 15) is 13.2 Å². The summed E-state index contributed by atoms with van der Waals surface area (Å²) < 4.78 is 26.5. The lowest BCUT2D eigenvalue weighted by Gasteiger charge is -2.26. The monoisotopic (exact) mass is 353 g/mol. The first-order valence-corrected chi connectivity index (χ1v) is 9.99. The predicted octanol–water partition coefficient (Wildman–Crippen LogP) is 1.72. The molecule has 0 unspecified atom stereocenters. The molecule has 24 heavy (non-hydrogen) atoms. The van der Waals surface area contributed by atoms with Crippen LogP contribution in [0.2, 0.25) is 0 Å². The summed E-state index contributed by atoms with van der Waals surface area (Å²) in [5, 5.41) is 2.99. The van der Waals surface area contributed by atoms with Gasteiger partial charge in [-0.15, -0.1) is 0 Å². The fraction of sp³-hybridized carbons (Fsp3) is 0.588. The first kappa shape index (κ1) is 18.9. The number of carbonyl (C=O) groups excluding carboxylic acids is 1. The Balaban J connectivity index is 2.13. The zero-order valence-electron chi connectivity index (χ0n) is 14.4. The number of nitrogens with two attached hydrogens (primary N) is 1. The van der Waals surface area contributed by atoms with E-state index in [4.69, 9.17) is 5.73 Å². The van der Waals surface area contributed by atoms with Crippen LogP contribution in [0.1, 0.15) is 49.9 Å². The Hall–Kier alpha value is -1.44. The Morgan fingerprint density at radius 2 is 1.83 bits per heavy atom. The van der Waals surface area contributed by atoms with Crippen LogP contribution in [0.25, 0.3) is 0 Å². The number of nitrogens with one attached hydrogen (secondary N) is 1. The molecule has 1 aliphatic carbocycles. The zero-order valence-corrected chi connectivity index (χ0v) is 15.2. The second-order valence-corrected chi connectivity index (χ2v) is 8.14. The molecule has 0 heterocycles. The van der Waals surface area contributed by atoms with E-state index in [1.807, 2.05) is 0 Å². The van der Waals surface area contributed by atoms with E-state index in [0.717, 1.165) is 25.7 Å². The molecule has 0 bridgehead atoms. The third-order valence-electron chi connectivity index (χ3n) is 4.55. The van der Waals surface area contributed by atoms with Gasteiger partial charge in [0.15, 0.2) is 0 Å². The molecule has 0 spiro atoms. The van der Waals surface area contributed by atoms with E-state index in [1.54, 1.807) is 26.0 Å². The van der Waals surface area contributed by atoms with Gasteiger partial charge in [0.2, 0.25) is 10.0 Å². The highest BCUT2D eigenvalue weighted by atomic mass is 32.2. The summed E-state index contributed by atoms with van der Waals surface area (Å²) in [5.74, 6) is -0.230. The molecule has 6 nitrogen and oxygen atoms in total. The molecule has 0 radical (unpaired) electrons. The first-order chi connectivity index (χ1) is 11.4. The number of hydrogen-bond donors (Lipinski definition) is 2. The van der Waals surface area contributed by atoms with Crippen molar-refractivity contribution in [1.29, 1.82) is 0 Å². The van der Waals surface area contributed by atoms with Gasteiger partial charge in [-0.1, -0.05) is 19.9 Å². The highest BCUT2D eigenvalue weighted by molar-refractivity contribution is 7.89. The van der Waals surface area contributed by atoms with Gasteiger partial charge in [0.1, 0.15) is 0 Å². The summed E-state index contributed by atoms with van der Waals surface area (Å²) in [6.45, 7) is 4.39. The van der Waals surface area contributed by atoms with E-state index in [-0.39, 0.29) is 22.9 Å². The van der Waals surface area contributed by atoms with E-state index >= 15 is 0 Å². The molecule has 0 saturated heterocycles. The largest absolute Gasteiger partial charge is 0.349 e. The van der Waals surface area contributed by atoms with Gasteiger partial charge in [-0.2, -0.15) is 4.31 Å². The molecule has 0 aliphatic heterocycles. The Morgan fingerprint density at radius 1 is 1.21 bits per heavy atom. The highest BCUT2D eigenvalue weighted by Gasteiger charge is 2.24. The van der Waals surface area contributed by atoms with Crippen LogP contribution in [0.5, 0.6) is 0 Å². The number of carbonyl (C=O) groups is 1. The Morgan fingerprint density at radius 3 is 2.42 bits per heavy atom. The van der Waals surface area contributed by atoms with Crippen LogP contribution in [0.4, 0.5) is 0 Å². The first-order valence-electron chi connectivity index (χ1n) is 8.55. The molecule has 3 N–H and O–H groups in total. The number of sulfonamides is 1. The summed E-state index contributed by atoms with van der Waals surface area (Å²) in [5.41, 5.74) is 6.25.